The minimum absolute atomic E-state index is 0.0825. The van der Waals surface area contributed by atoms with E-state index in [1.807, 2.05) is 13.8 Å². The molecule has 0 fully saturated rings. The maximum atomic E-state index is 12.1. The van der Waals surface area contributed by atoms with Crippen molar-refractivity contribution >= 4 is 27.5 Å². The number of hydrogen-bond acceptors (Lipinski definition) is 4. The van der Waals surface area contributed by atoms with Crippen molar-refractivity contribution in [2.24, 2.45) is 5.92 Å². The summed E-state index contributed by atoms with van der Waals surface area (Å²) in [6.07, 6.45) is 0.545. The van der Waals surface area contributed by atoms with Crippen molar-refractivity contribution in [3.8, 4) is 0 Å². The van der Waals surface area contributed by atoms with Crippen molar-refractivity contribution in [1.29, 1.82) is 0 Å². The van der Waals surface area contributed by atoms with Crippen molar-refractivity contribution in [3.05, 3.63) is 38.3 Å². The molecule has 116 valence electrons. The Kier molecular flexibility index (Phi) is 5.86. The van der Waals surface area contributed by atoms with Crippen LogP contribution in [0.25, 0.3) is 0 Å². The molecular formula is C14H19BrN2O4. The predicted octanol–water partition coefficient (Wildman–Crippen LogP) is 2.88. The van der Waals surface area contributed by atoms with Gasteiger partial charge in [-0.25, -0.2) is 0 Å². The summed E-state index contributed by atoms with van der Waals surface area (Å²) in [7, 11) is 0. The Balaban J connectivity index is 2.80. The molecule has 1 rings (SSSR count). The standard InChI is InChI=1S/C14H19BrN2O4/c1-9(2)7-14(3,19)8-16-13(18)11-6-10(17(20)21)4-5-12(11)15/h4-6,9,19H,7-8H2,1-3H3,(H,16,18). The van der Waals surface area contributed by atoms with E-state index in [-0.39, 0.29) is 17.8 Å². The highest BCUT2D eigenvalue weighted by Crippen LogP contribution is 2.23. The normalized spacial score (nSPS) is 13.8. The number of aliphatic hydroxyl groups is 1. The topological polar surface area (TPSA) is 92.5 Å². The summed E-state index contributed by atoms with van der Waals surface area (Å²) in [4.78, 5) is 22.3. The highest BCUT2D eigenvalue weighted by Gasteiger charge is 2.24. The average molecular weight is 359 g/mol. The molecule has 6 nitrogen and oxygen atoms in total. The van der Waals surface area contributed by atoms with Crippen LogP contribution in [0.1, 0.15) is 37.6 Å². The lowest BCUT2D eigenvalue weighted by Crippen LogP contribution is -2.41. The number of nitrogens with zero attached hydrogens (tertiary/aromatic N) is 1. The number of nitro groups is 1. The summed E-state index contributed by atoms with van der Waals surface area (Å²) in [5.74, 6) is -0.170. The number of benzene rings is 1. The van der Waals surface area contributed by atoms with Crippen LogP contribution in [0.4, 0.5) is 5.69 Å². The Morgan fingerprint density at radius 3 is 2.67 bits per heavy atom. The zero-order chi connectivity index (χ0) is 16.2. The van der Waals surface area contributed by atoms with Crippen LogP contribution in [0.3, 0.4) is 0 Å². The highest BCUT2D eigenvalue weighted by molar-refractivity contribution is 9.10. The van der Waals surface area contributed by atoms with Gasteiger partial charge in [-0.3, -0.25) is 14.9 Å². The number of amides is 1. The quantitative estimate of drug-likeness (QED) is 0.603. The first-order valence-electron chi connectivity index (χ1n) is 6.57. The second-order valence-electron chi connectivity index (χ2n) is 5.70. The van der Waals surface area contributed by atoms with Crippen LogP contribution in [0.15, 0.2) is 22.7 Å². The Labute approximate surface area is 131 Å². The number of nitrogens with one attached hydrogen (secondary N) is 1. The van der Waals surface area contributed by atoms with E-state index in [2.05, 4.69) is 21.2 Å². The minimum atomic E-state index is -1.02. The number of carbonyl (C=O) groups excluding carboxylic acids is 1. The third-order valence-electron chi connectivity index (χ3n) is 2.88. The molecule has 1 unspecified atom stereocenters. The molecule has 0 bridgehead atoms. The van der Waals surface area contributed by atoms with E-state index < -0.39 is 16.4 Å². The summed E-state index contributed by atoms with van der Waals surface area (Å²) in [6, 6.07) is 3.98. The number of carbonyl (C=O) groups is 1. The highest BCUT2D eigenvalue weighted by atomic mass is 79.9. The summed E-state index contributed by atoms with van der Waals surface area (Å²) in [5, 5.41) is 23.5. The SMILES string of the molecule is CC(C)CC(C)(O)CNC(=O)c1cc([N+](=O)[O-])ccc1Br. The van der Waals surface area contributed by atoms with Gasteiger partial charge in [0.25, 0.3) is 11.6 Å². The van der Waals surface area contributed by atoms with Gasteiger partial charge < -0.3 is 10.4 Å². The van der Waals surface area contributed by atoms with Crippen molar-refractivity contribution in [2.45, 2.75) is 32.8 Å². The summed E-state index contributed by atoms with van der Waals surface area (Å²) < 4.78 is 0.467. The first-order valence-corrected chi connectivity index (χ1v) is 7.36. The van der Waals surface area contributed by atoms with E-state index in [1.165, 1.54) is 18.2 Å². The van der Waals surface area contributed by atoms with Crippen LogP contribution in [-0.4, -0.2) is 28.1 Å². The molecule has 0 radical (unpaired) electrons. The van der Waals surface area contributed by atoms with Gasteiger partial charge in [-0.2, -0.15) is 0 Å². The maximum absolute atomic E-state index is 12.1. The summed E-state index contributed by atoms with van der Waals surface area (Å²) in [6.45, 7) is 5.69. The molecule has 1 aromatic carbocycles. The van der Waals surface area contributed by atoms with Crippen LogP contribution in [0, 0.1) is 16.0 Å². The Morgan fingerprint density at radius 2 is 2.14 bits per heavy atom. The summed E-state index contributed by atoms with van der Waals surface area (Å²) >= 11 is 3.19. The fourth-order valence-corrected chi connectivity index (χ4v) is 2.55. The Hall–Kier alpha value is -1.47. The molecule has 0 spiro atoms. The molecule has 7 heteroatoms. The van der Waals surface area contributed by atoms with E-state index in [0.717, 1.165) is 0 Å². The predicted molar refractivity (Wildman–Crippen MR) is 83.2 cm³/mol. The fraction of sp³-hybridized carbons (Fsp3) is 0.500. The van der Waals surface area contributed by atoms with E-state index in [9.17, 15) is 20.0 Å². The third kappa shape index (κ3) is 5.43. The van der Waals surface area contributed by atoms with E-state index in [0.29, 0.717) is 16.8 Å². The number of halogens is 1. The van der Waals surface area contributed by atoms with Crippen molar-refractivity contribution in [3.63, 3.8) is 0 Å². The van der Waals surface area contributed by atoms with Crippen molar-refractivity contribution in [1.82, 2.24) is 5.32 Å². The van der Waals surface area contributed by atoms with Gasteiger partial charge in [0, 0.05) is 23.2 Å². The van der Waals surface area contributed by atoms with Crippen molar-refractivity contribution < 1.29 is 14.8 Å². The van der Waals surface area contributed by atoms with Gasteiger partial charge in [0.1, 0.15) is 0 Å². The molecular weight excluding hydrogens is 340 g/mol. The summed E-state index contributed by atoms with van der Waals surface area (Å²) in [5.41, 5.74) is -1.00. The molecule has 1 atom stereocenters. The van der Waals surface area contributed by atoms with Gasteiger partial charge in [0.05, 0.1) is 16.1 Å². The second-order valence-corrected chi connectivity index (χ2v) is 6.55. The Morgan fingerprint density at radius 1 is 1.52 bits per heavy atom. The molecule has 0 saturated heterocycles. The monoisotopic (exact) mass is 358 g/mol. The van der Waals surface area contributed by atoms with Gasteiger partial charge in [0.2, 0.25) is 0 Å². The molecule has 2 N–H and O–H groups in total. The number of rotatable bonds is 6. The van der Waals surface area contributed by atoms with E-state index in [1.54, 1.807) is 6.92 Å². The molecule has 21 heavy (non-hydrogen) atoms. The lowest BCUT2D eigenvalue weighted by molar-refractivity contribution is -0.384. The Bertz CT molecular complexity index is 544. The van der Waals surface area contributed by atoms with E-state index >= 15 is 0 Å². The van der Waals surface area contributed by atoms with Crippen LogP contribution < -0.4 is 5.32 Å². The smallest absolute Gasteiger partial charge is 0.270 e. The van der Waals surface area contributed by atoms with Gasteiger partial charge >= 0.3 is 0 Å². The molecule has 0 aliphatic rings. The van der Waals surface area contributed by atoms with Gasteiger partial charge in [-0.1, -0.05) is 13.8 Å². The zero-order valence-electron chi connectivity index (χ0n) is 12.2. The third-order valence-corrected chi connectivity index (χ3v) is 3.57. The molecule has 1 aromatic rings. The lowest BCUT2D eigenvalue weighted by atomic mass is 9.94. The maximum Gasteiger partial charge on any atom is 0.270 e. The number of nitro benzene ring substituents is 1. The largest absolute Gasteiger partial charge is 0.388 e. The molecule has 0 saturated carbocycles. The van der Waals surface area contributed by atoms with Gasteiger partial charge in [-0.05, 0) is 41.3 Å². The molecule has 0 aliphatic carbocycles. The molecule has 0 aliphatic heterocycles. The first kappa shape index (κ1) is 17.6. The molecule has 0 heterocycles. The number of hydrogen-bond donors (Lipinski definition) is 2. The van der Waals surface area contributed by atoms with Crippen LogP contribution in [0.5, 0.6) is 0 Å². The van der Waals surface area contributed by atoms with Crippen LogP contribution in [0.2, 0.25) is 0 Å². The molecule has 1 amide bonds. The lowest BCUT2D eigenvalue weighted by Gasteiger charge is -2.25. The average Bonchev–Trinajstić information content (AvgIpc) is 2.34. The second kappa shape index (κ2) is 7.00. The van der Waals surface area contributed by atoms with Gasteiger partial charge in [0.15, 0.2) is 0 Å². The van der Waals surface area contributed by atoms with Crippen LogP contribution in [-0.2, 0) is 0 Å². The number of non-ortho nitro benzene ring substituents is 1. The van der Waals surface area contributed by atoms with E-state index in [4.69, 9.17) is 0 Å². The van der Waals surface area contributed by atoms with Gasteiger partial charge in [-0.15, -0.1) is 0 Å². The zero-order valence-corrected chi connectivity index (χ0v) is 13.8. The first-order chi connectivity index (χ1) is 9.62. The molecule has 0 aromatic heterocycles. The van der Waals surface area contributed by atoms with Crippen molar-refractivity contribution in [2.75, 3.05) is 6.54 Å². The minimum Gasteiger partial charge on any atom is -0.388 e. The fourth-order valence-electron chi connectivity index (χ4n) is 2.12. The van der Waals surface area contributed by atoms with Crippen LogP contribution >= 0.6 is 15.9 Å².